The molecule has 0 spiro atoms. The minimum Gasteiger partial charge on any atom is -0.260 e. The Hall–Kier alpha value is -1.75. The molecule has 2 aromatic rings. The highest BCUT2D eigenvalue weighted by Gasteiger charge is 1.96. The number of hydrogen-bond acceptors (Lipinski definition) is 1. The van der Waals surface area contributed by atoms with Crippen LogP contribution in [0.25, 0.3) is 11.0 Å². The van der Waals surface area contributed by atoms with Crippen LogP contribution in [0.5, 0.6) is 0 Å². The topological polar surface area (TPSA) is 17.8 Å². The first kappa shape index (κ1) is 6.93. The van der Waals surface area contributed by atoms with Crippen molar-refractivity contribution in [1.82, 2.24) is 9.55 Å². The Morgan fingerprint density at radius 3 is 3.17 bits per heavy atom. The van der Waals surface area contributed by atoms with E-state index >= 15 is 0 Å². The summed E-state index contributed by atoms with van der Waals surface area (Å²) in [7, 11) is 0. The third-order valence-electron chi connectivity index (χ3n) is 1.68. The molecule has 0 aromatic carbocycles. The summed E-state index contributed by atoms with van der Waals surface area (Å²) in [5.41, 5.74) is 0.923. The third-order valence-corrected chi connectivity index (χ3v) is 1.68. The van der Waals surface area contributed by atoms with Crippen LogP contribution < -0.4 is 0 Å². The van der Waals surface area contributed by atoms with Crippen molar-refractivity contribution >= 4 is 11.0 Å². The molecule has 0 aliphatic carbocycles. The lowest BCUT2D eigenvalue weighted by Gasteiger charge is -1.90. The van der Waals surface area contributed by atoms with Gasteiger partial charge in [-0.25, -0.2) is 4.98 Å². The summed E-state index contributed by atoms with van der Waals surface area (Å²) >= 11 is 0. The van der Waals surface area contributed by atoms with Crippen LogP contribution in [0.1, 0.15) is 6.92 Å². The van der Waals surface area contributed by atoms with Gasteiger partial charge in [-0.1, -0.05) is 5.92 Å². The second-order valence-electron chi connectivity index (χ2n) is 2.46. The number of hydrogen-bond donors (Lipinski definition) is 0. The lowest BCUT2D eigenvalue weighted by atomic mass is 10.3. The molecule has 0 bridgehead atoms. The number of rotatable bonds is 0. The molecule has 0 saturated heterocycles. The summed E-state index contributed by atoms with van der Waals surface area (Å²) < 4.78 is 1.83. The van der Waals surface area contributed by atoms with Gasteiger partial charge in [0.25, 0.3) is 0 Å². The third kappa shape index (κ3) is 0.960. The second-order valence-corrected chi connectivity index (χ2v) is 2.46. The second kappa shape index (κ2) is 2.71. The first-order valence-electron chi connectivity index (χ1n) is 3.76. The van der Waals surface area contributed by atoms with E-state index in [1.165, 1.54) is 0 Å². The Balaban J connectivity index is 2.76. The average Bonchev–Trinajstić information content (AvgIpc) is 2.50. The van der Waals surface area contributed by atoms with Crippen molar-refractivity contribution in [1.29, 1.82) is 0 Å². The molecular formula is C10H8N2. The van der Waals surface area contributed by atoms with Gasteiger partial charge >= 0.3 is 0 Å². The van der Waals surface area contributed by atoms with Gasteiger partial charge in [0, 0.05) is 23.8 Å². The van der Waals surface area contributed by atoms with Gasteiger partial charge in [-0.05, 0) is 25.1 Å². The highest BCUT2D eigenvalue weighted by atomic mass is 15.0. The maximum Gasteiger partial charge on any atom is 0.151 e. The molecule has 2 aromatic heterocycles. The first-order chi connectivity index (χ1) is 5.92. The van der Waals surface area contributed by atoms with Crippen LogP contribution in [0.3, 0.4) is 0 Å². The van der Waals surface area contributed by atoms with E-state index in [1.807, 2.05) is 35.9 Å². The highest BCUT2D eigenvalue weighted by molar-refractivity contribution is 5.76. The molecule has 0 fully saturated rings. The smallest absolute Gasteiger partial charge is 0.151 e. The van der Waals surface area contributed by atoms with Crippen LogP contribution in [-0.2, 0) is 0 Å². The van der Waals surface area contributed by atoms with Gasteiger partial charge in [0.15, 0.2) is 5.65 Å². The fourth-order valence-electron chi connectivity index (χ4n) is 1.18. The van der Waals surface area contributed by atoms with Gasteiger partial charge in [0.05, 0.1) is 0 Å². The molecule has 58 valence electrons. The van der Waals surface area contributed by atoms with E-state index in [1.54, 1.807) is 6.20 Å². The molecule has 2 heterocycles. The zero-order valence-corrected chi connectivity index (χ0v) is 6.78. The quantitative estimate of drug-likeness (QED) is 0.532. The maximum absolute atomic E-state index is 4.22. The molecule has 12 heavy (non-hydrogen) atoms. The van der Waals surface area contributed by atoms with Crippen molar-refractivity contribution in [2.75, 3.05) is 0 Å². The van der Waals surface area contributed by atoms with Gasteiger partial charge < -0.3 is 0 Å². The van der Waals surface area contributed by atoms with E-state index < -0.39 is 0 Å². The normalized spacial score (nSPS) is 9.42. The molecule has 2 rings (SSSR count). The Kier molecular flexibility index (Phi) is 1.56. The summed E-state index contributed by atoms with van der Waals surface area (Å²) in [4.78, 5) is 4.22. The van der Waals surface area contributed by atoms with E-state index in [0.717, 1.165) is 11.0 Å². The molecule has 0 saturated carbocycles. The molecule has 0 aliphatic heterocycles. The molecule has 0 amide bonds. The Morgan fingerprint density at radius 1 is 1.42 bits per heavy atom. The zero-order chi connectivity index (χ0) is 8.39. The largest absolute Gasteiger partial charge is 0.260 e. The average molecular weight is 156 g/mol. The van der Waals surface area contributed by atoms with E-state index in [4.69, 9.17) is 0 Å². The van der Waals surface area contributed by atoms with Crippen LogP contribution >= 0.6 is 0 Å². The highest BCUT2D eigenvalue weighted by Crippen LogP contribution is 2.10. The summed E-state index contributed by atoms with van der Waals surface area (Å²) in [6.45, 7) is 1.81. The van der Waals surface area contributed by atoms with Crippen LogP contribution in [0, 0.1) is 12.0 Å². The monoisotopic (exact) mass is 156 g/mol. The van der Waals surface area contributed by atoms with E-state index in [2.05, 4.69) is 16.9 Å². The molecular weight excluding hydrogens is 148 g/mol. The summed E-state index contributed by atoms with van der Waals surface area (Å²) in [5.74, 6) is 2.84. The number of pyridine rings is 1. The first-order valence-corrected chi connectivity index (χ1v) is 3.76. The predicted octanol–water partition coefficient (Wildman–Crippen LogP) is 1.87. The standard InChI is InChI=1S/C10H8N2/c1-2-7-12-8-5-9-4-3-6-11-10(9)12/h3-6,8H,1H3. The lowest BCUT2D eigenvalue weighted by molar-refractivity contribution is 1.15. The molecule has 2 nitrogen and oxygen atoms in total. The molecule has 0 radical (unpaired) electrons. The summed E-state index contributed by atoms with van der Waals surface area (Å²) in [6.07, 6.45) is 3.70. The molecule has 0 N–H and O–H groups in total. The predicted molar refractivity (Wildman–Crippen MR) is 48.6 cm³/mol. The van der Waals surface area contributed by atoms with Gasteiger partial charge in [0.2, 0.25) is 0 Å². The maximum atomic E-state index is 4.22. The lowest BCUT2D eigenvalue weighted by Crippen LogP contribution is -1.86. The van der Waals surface area contributed by atoms with Crippen molar-refractivity contribution in [3.63, 3.8) is 0 Å². The van der Waals surface area contributed by atoms with Crippen molar-refractivity contribution in [2.45, 2.75) is 6.92 Å². The minimum atomic E-state index is 0.923. The zero-order valence-electron chi connectivity index (χ0n) is 6.78. The Bertz CT molecular complexity index is 457. The number of aromatic nitrogens is 2. The van der Waals surface area contributed by atoms with Gasteiger partial charge in [-0.15, -0.1) is 0 Å². The molecule has 0 atom stereocenters. The van der Waals surface area contributed by atoms with Gasteiger partial charge in [-0.3, -0.25) is 4.57 Å². The van der Waals surface area contributed by atoms with E-state index in [-0.39, 0.29) is 0 Å². The summed E-state index contributed by atoms with van der Waals surface area (Å²) in [5, 5.41) is 1.13. The number of fused-ring (bicyclic) bond motifs is 1. The number of nitrogens with zero attached hydrogens (tertiary/aromatic N) is 2. The minimum absolute atomic E-state index is 0.923. The van der Waals surface area contributed by atoms with Crippen LogP contribution in [-0.4, -0.2) is 9.55 Å². The van der Waals surface area contributed by atoms with Crippen molar-refractivity contribution < 1.29 is 0 Å². The van der Waals surface area contributed by atoms with Crippen molar-refractivity contribution in [2.24, 2.45) is 0 Å². The molecule has 0 aliphatic rings. The fourth-order valence-corrected chi connectivity index (χ4v) is 1.18. The van der Waals surface area contributed by atoms with Gasteiger partial charge in [-0.2, -0.15) is 0 Å². The Morgan fingerprint density at radius 2 is 2.33 bits per heavy atom. The van der Waals surface area contributed by atoms with E-state index in [9.17, 15) is 0 Å². The SMILES string of the molecule is CC#Cn1ccc2cccnc21. The van der Waals surface area contributed by atoms with Crippen LogP contribution in [0.4, 0.5) is 0 Å². The summed E-state index contributed by atoms with van der Waals surface area (Å²) in [6, 6.07) is 8.89. The van der Waals surface area contributed by atoms with E-state index in [0.29, 0.717) is 0 Å². The van der Waals surface area contributed by atoms with Crippen molar-refractivity contribution in [3.8, 4) is 12.0 Å². The van der Waals surface area contributed by atoms with Crippen LogP contribution in [0.2, 0.25) is 0 Å². The van der Waals surface area contributed by atoms with Crippen molar-refractivity contribution in [3.05, 3.63) is 30.6 Å². The van der Waals surface area contributed by atoms with Gasteiger partial charge in [0.1, 0.15) is 0 Å². The molecule has 0 unspecified atom stereocenters. The molecule has 2 heteroatoms. The van der Waals surface area contributed by atoms with Crippen LogP contribution in [0.15, 0.2) is 30.6 Å². The Labute approximate surface area is 70.8 Å². The fraction of sp³-hybridized carbons (Fsp3) is 0.100.